The average Bonchev–Trinajstić information content (AvgIpc) is 3.10. The molecule has 2 aromatic rings. The van der Waals surface area contributed by atoms with Gasteiger partial charge < -0.3 is 15.2 Å². The minimum absolute atomic E-state index is 0.437. The molecule has 0 atom stereocenters. The molecule has 0 bridgehead atoms. The van der Waals surface area contributed by atoms with Crippen LogP contribution in [0.1, 0.15) is 25.7 Å². The van der Waals surface area contributed by atoms with Crippen molar-refractivity contribution >= 4 is 21.7 Å². The fourth-order valence-electron chi connectivity index (χ4n) is 2.92. The molecule has 1 aliphatic carbocycles. The Labute approximate surface area is 124 Å². The van der Waals surface area contributed by atoms with Gasteiger partial charge >= 0.3 is 0 Å². The molecule has 4 rings (SSSR count). The van der Waals surface area contributed by atoms with Crippen molar-refractivity contribution in [2.45, 2.75) is 31.5 Å². The van der Waals surface area contributed by atoms with E-state index in [-0.39, 0.29) is 0 Å². The van der Waals surface area contributed by atoms with Crippen LogP contribution < -0.4 is 15.2 Å². The summed E-state index contributed by atoms with van der Waals surface area (Å²) in [4.78, 5) is 0. The molecular weight excluding hydrogens is 322 g/mol. The number of rotatable bonds is 1. The van der Waals surface area contributed by atoms with Gasteiger partial charge in [0.2, 0.25) is 0 Å². The van der Waals surface area contributed by atoms with Gasteiger partial charge in [-0.15, -0.1) is 0 Å². The molecule has 1 spiro atoms. The fraction of sp³-hybridized carbons (Fsp3) is 0.357. The molecule has 0 saturated heterocycles. The van der Waals surface area contributed by atoms with Crippen LogP contribution in [0.4, 0.5) is 5.82 Å². The Hall–Kier alpha value is -1.69. The van der Waals surface area contributed by atoms with E-state index in [0.29, 0.717) is 5.82 Å². The number of nitrogens with two attached hydrogens (primary N) is 1. The van der Waals surface area contributed by atoms with Gasteiger partial charge in [0, 0.05) is 28.9 Å². The second kappa shape index (κ2) is 4.15. The molecule has 6 heteroatoms. The van der Waals surface area contributed by atoms with E-state index in [0.717, 1.165) is 52.9 Å². The van der Waals surface area contributed by atoms with Crippen LogP contribution in [-0.4, -0.2) is 16.0 Å². The largest absolute Gasteiger partial charge is 0.448 e. The van der Waals surface area contributed by atoms with Crippen molar-refractivity contribution in [1.29, 1.82) is 0 Å². The first-order valence-corrected chi connectivity index (χ1v) is 7.47. The summed E-state index contributed by atoms with van der Waals surface area (Å²) in [6, 6.07) is 5.72. The van der Waals surface area contributed by atoms with Crippen LogP contribution in [0.15, 0.2) is 22.7 Å². The topological polar surface area (TPSA) is 73.2 Å². The van der Waals surface area contributed by atoms with E-state index in [2.05, 4.69) is 26.1 Å². The van der Waals surface area contributed by atoms with Crippen LogP contribution in [0.3, 0.4) is 0 Å². The minimum Gasteiger partial charge on any atom is -0.448 e. The van der Waals surface area contributed by atoms with Crippen molar-refractivity contribution in [2.75, 3.05) is 5.73 Å². The van der Waals surface area contributed by atoms with Crippen LogP contribution in [-0.2, 0) is 0 Å². The van der Waals surface area contributed by atoms with Crippen LogP contribution >= 0.6 is 15.9 Å². The van der Waals surface area contributed by atoms with Gasteiger partial charge in [-0.2, -0.15) is 5.10 Å². The first kappa shape index (κ1) is 12.1. The van der Waals surface area contributed by atoms with E-state index >= 15 is 0 Å². The van der Waals surface area contributed by atoms with E-state index in [9.17, 15) is 0 Å². The lowest BCUT2D eigenvalue weighted by atomic mass is 10.1. The maximum atomic E-state index is 6.07. The van der Waals surface area contributed by atoms with E-state index < -0.39 is 5.79 Å². The summed E-state index contributed by atoms with van der Waals surface area (Å²) < 4.78 is 13.0. The quantitative estimate of drug-likeness (QED) is 0.836. The summed E-state index contributed by atoms with van der Waals surface area (Å²) in [6.07, 6.45) is 4.20. The van der Waals surface area contributed by atoms with E-state index in [1.165, 1.54) is 0 Å². The highest BCUT2D eigenvalue weighted by Crippen LogP contribution is 2.49. The number of halogens is 1. The van der Waals surface area contributed by atoms with Gasteiger partial charge in [0.15, 0.2) is 11.5 Å². The van der Waals surface area contributed by atoms with E-state index in [4.69, 9.17) is 15.2 Å². The summed E-state index contributed by atoms with van der Waals surface area (Å²) in [6.45, 7) is 0. The van der Waals surface area contributed by atoms with Gasteiger partial charge in [-0.3, -0.25) is 5.10 Å². The molecule has 5 nitrogen and oxygen atoms in total. The Morgan fingerprint density at radius 2 is 1.85 bits per heavy atom. The molecule has 1 aromatic carbocycles. The molecule has 0 amide bonds. The predicted molar refractivity (Wildman–Crippen MR) is 78.6 cm³/mol. The molecule has 1 saturated carbocycles. The van der Waals surface area contributed by atoms with Crippen LogP contribution in [0, 0.1) is 0 Å². The number of ether oxygens (including phenoxy) is 2. The molecule has 20 heavy (non-hydrogen) atoms. The fourth-order valence-corrected chi connectivity index (χ4v) is 3.45. The molecule has 0 unspecified atom stereocenters. The third-order valence-corrected chi connectivity index (χ3v) is 4.53. The van der Waals surface area contributed by atoms with Gasteiger partial charge in [-0.1, -0.05) is 0 Å². The number of nitrogens with zero attached hydrogens (tertiary/aromatic N) is 1. The Bertz CT molecular complexity index is 677. The van der Waals surface area contributed by atoms with Gasteiger partial charge in [0.1, 0.15) is 5.82 Å². The zero-order valence-corrected chi connectivity index (χ0v) is 12.4. The molecular formula is C14H14BrN3O2. The molecule has 2 heterocycles. The number of benzene rings is 1. The molecule has 2 aliphatic rings. The van der Waals surface area contributed by atoms with Gasteiger partial charge in [0.25, 0.3) is 5.79 Å². The normalized spacial score (nSPS) is 18.9. The average molecular weight is 336 g/mol. The van der Waals surface area contributed by atoms with Crippen molar-refractivity contribution < 1.29 is 9.47 Å². The number of anilines is 1. The van der Waals surface area contributed by atoms with Gasteiger partial charge in [-0.25, -0.2) is 0 Å². The van der Waals surface area contributed by atoms with Gasteiger partial charge in [-0.05, 0) is 40.9 Å². The number of aromatic nitrogens is 2. The Balaban J connectivity index is 1.75. The van der Waals surface area contributed by atoms with Crippen molar-refractivity contribution in [3.63, 3.8) is 0 Å². The van der Waals surface area contributed by atoms with E-state index in [1.54, 1.807) is 6.07 Å². The monoisotopic (exact) mass is 335 g/mol. The standard InChI is InChI=1S/C14H14BrN3O2/c15-9-6-12-11(19-14(20-12)3-1-2-4-14)5-8(9)10-7-13(16)18-17-10/h5-7H,1-4H2,(H3,16,17,18). The highest BCUT2D eigenvalue weighted by Gasteiger charge is 2.44. The van der Waals surface area contributed by atoms with Crippen molar-refractivity contribution in [3.8, 4) is 22.8 Å². The zero-order chi connectivity index (χ0) is 13.7. The van der Waals surface area contributed by atoms with Crippen molar-refractivity contribution in [1.82, 2.24) is 10.2 Å². The number of nitrogen functional groups attached to an aromatic ring is 1. The highest BCUT2D eigenvalue weighted by molar-refractivity contribution is 9.10. The Morgan fingerprint density at radius 3 is 2.50 bits per heavy atom. The minimum atomic E-state index is -0.437. The lowest BCUT2D eigenvalue weighted by Crippen LogP contribution is -2.34. The summed E-state index contributed by atoms with van der Waals surface area (Å²) in [5, 5.41) is 6.87. The molecule has 1 aromatic heterocycles. The molecule has 1 fully saturated rings. The number of hydrogen-bond acceptors (Lipinski definition) is 4. The number of nitrogens with one attached hydrogen (secondary N) is 1. The number of H-pyrrole nitrogens is 1. The van der Waals surface area contributed by atoms with E-state index in [1.807, 2.05) is 12.1 Å². The first-order chi connectivity index (χ1) is 9.65. The lowest BCUT2D eigenvalue weighted by Gasteiger charge is -2.21. The first-order valence-electron chi connectivity index (χ1n) is 6.68. The SMILES string of the molecule is Nc1cc(-c2cc3c(cc2Br)OC2(CCCC2)O3)[nH]n1. The summed E-state index contributed by atoms with van der Waals surface area (Å²) >= 11 is 3.57. The Kier molecular flexibility index (Phi) is 2.51. The third-order valence-electron chi connectivity index (χ3n) is 3.88. The smallest absolute Gasteiger partial charge is 0.251 e. The number of aromatic amines is 1. The van der Waals surface area contributed by atoms with Crippen LogP contribution in [0.2, 0.25) is 0 Å². The summed E-state index contributed by atoms with van der Waals surface area (Å²) in [5.41, 5.74) is 7.48. The lowest BCUT2D eigenvalue weighted by molar-refractivity contribution is -0.0716. The third kappa shape index (κ3) is 1.78. The second-order valence-electron chi connectivity index (χ2n) is 5.31. The maximum Gasteiger partial charge on any atom is 0.251 e. The summed E-state index contributed by atoms with van der Waals surface area (Å²) in [7, 11) is 0. The summed E-state index contributed by atoms with van der Waals surface area (Å²) in [5.74, 6) is 1.62. The van der Waals surface area contributed by atoms with Gasteiger partial charge in [0.05, 0.1) is 5.69 Å². The highest BCUT2D eigenvalue weighted by atomic mass is 79.9. The van der Waals surface area contributed by atoms with Crippen LogP contribution in [0.5, 0.6) is 11.5 Å². The second-order valence-corrected chi connectivity index (χ2v) is 6.16. The Morgan fingerprint density at radius 1 is 1.15 bits per heavy atom. The molecule has 1 aliphatic heterocycles. The molecule has 104 valence electrons. The number of fused-ring (bicyclic) bond motifs is 1. The molecule has 0 radical (unpaired) electrons. The maximum absolute atomic E-state index is 6.07. The van der Waals surface area contributed by atoms with Crippen molar-refractivity contribution in [3.05, 3.63) is 22.7 Å². The van der Waals surface area contributed by atoms with Crippen molar-refractivity contribution in [2.24, 2.45) is 0 Å². The van der Waals surface area contributed by atoms with Crippen LogP contribution in [0.25, 0.3) is 11.3 Å². The predicted octanol–water partition coefficient (Wildman–Crippen LogP) is 3.46. The number of hydrogen-bond donors (Lipinski definition) is 2. The zero-order valence-electron chi connectivity index (χ0n) is 10.8. The molecule has 3 N–H and O–H groups in total.